The van der Waals surface area contributed by atoms with Crippen molar-refractivity contribution in [3.63, 3.8) is 0 Å². The van der Waals surface area contributed by atoms with E-state index in [1.54, 1.807) is 0 Å². The van der Waals surface area contributed by atoms with Gasteiger partial charge in [-0.3, -0.25) is 9.36 Å². The van der Waals surface area contributed by atoms with Crippen molar-refractivity contribution in [3.8, 4) is 5.75 Å². The molecule has 0 aliphatic carbocycles. The Labute approximate surface area is 110 Å². The van der Waals surface area contributed by atoms with Gasteiger partial charge in [-0.1, -0.05) is 11.6 Å². The molecule has 1 aliphatic rings. The molecular weight excluding hydrogens is 258 g/mol. The topological polar surface area (TPSA) is 56.6 Å². The molecule has 2 heterocycles. The van der Waals surface area contributed by atoms with Crippen LogP contribution in [0.1, 0.15) is 0 Å². The zero-order valence-electron chi connectivity index (χ0n) is 10.4. The Morgan fingerprint density at radius 3 is 3.11 bits per heavy atom. The molecule has 0 N–H and O–H groups in total. The van der Waals surface area contributed by atoms with Gasteiger partial charge in [-0.05, 0) is 7.05 Å². The molecule has 0 bridgehead atoms. The van der Waals surface area contributed by atoms with Gasteiger partial charge < -0.3 is 14.4 Å². The minimum absolute atomic E-state index is 0.0193. The summed E-state index contributed by atoms with van der Waals surface area (Å²) < 4.78 is 12.0. The predicted octanol–water partition coefficient (Wildman–Crippen LogP) is 0.236. The lowest BCUT2D eigenvalue weighted by Crippen LogP contribution is -2.43. The van der Waals surface area contributed by atoms with E-state index in [0.717, 1.165) is 13.1 Å². The molecule has 1 aromatic rings. The third-order valence-corrected chi connectivity index (χ3v) is 3.17. The highest BCUT2D eigenvalue weighted by Gasteiger charge is 2.20. The molecule has 7 heteroatoms. The second-order valence-electron chi connectivity index (χ2n) is 4.28. The van der Waals surface area contributed by atoms with Crippen LogP contribution < -0.4 is 10.3 Å². The van der Waals surface area contributed by atoms with Crippen LogP contribution in [-0.4, -0.2) is 54.4 Å². The molecule has 1 aromatic heterocycles. The van der Waals surface area contributed by atoms with Crippen LogP contribution in [0, 0.1) is 0 Å². The Hall–Kier alpha value is -1.11. The number of halogens is 1. The van der Waals surface area contributed by atoms with Gasteiger partial charge in [0.1, 0.15) is 0 Å². The fourth-order valence-electron chi connectivity index (χ4n) is 1.95. The third kappa shape index (κ3) is 2.82. The van der Waals surface area contributed by atoms with Crippen LogP contribution in [0.25, 0.3) is 0 Å². The van der Waals surface area contributed by atoms with Crippen molar-refractivity contribution in [2.24, 2.45) is 0 Å². The number of hydrogen-bond acceptors (Lipinski definition) is 5. The second-order valence-corrected chi connectivity index (χ2v) is 4.64. The van der Waals surface area contributed by atoms with E-state index in [1.807, 2.05) is 7.05 Å². The van der Waals surface area contributed by atoms with Crippen LogP contribution in [0.4, 0.5) is 0 Å². The van der Waals surface area contributed by atoms with Crippen LogP contribution in [0.2, 0.25) is 5.15 Å². The molecule has 0 spiro atoms. The molecule has 1 unspecified atom stereocenters. The highest BCUT2D eigenvalue weighted by atomic mass is 35.5. The first-order valence-electron chi connectivity index (χ1n) is 5.71. The summed E-state index contributed by atoms with van der Waals surface area (Å²) in [6.07, 6.45) is 1.40. The monoisotopic (exact) mass is 273 g/mol. The molecule has 1 saturated heterocycles. The molecule has 1 fully saturated rings. The number of rotatable bonds is 3. The number of ether oxygens (including phenoxy) is 2. The van der Waals surface area contributed by atoms with E-state index in [0.29, 0.717) is 13.2 Å². The number of methoxy groups -OCH3 is 1. The van der Waals surface area contributed by atoms with Crippen molar-refractivity contribution in [2.75, 3.05) is 33.9 Å². The quantitative estimate of drug-likeness (QED) is 0.739. The minimum atomic E-state index is -0.283. The Bertz CT molecular complexity index is 477. The fraction of sp³-hybridized carbons (Fsp3) is 0.636. The van der Waals surface area contributed by atoms with E-state index in [9.17, 15) is 4.79 Å². The smallest absolute Gasteiger partial charge is 0.297 e. The summed E-state index contributed by atoms with van der Waals surface area (Å²) >= 11 is 5.78. The fourth-order valence-corrected chi connectivity index (χ4v) is 2.15. The van der Waals surface area contributed by atoms with Crippen LogP contribution in [0.5, 0.6) is 5.75 Å². The average molecular weight is 274 g/mol. The van der Waals surface area contributed by atoms with Crippen LogP contribution in [0.15, 0.2) is 11.1 Å². The largest absolute Gasteiger partial charge is 0.489 e. The molecule has 6 nitrogen and oxygen atoms in total. The summed E-state index contributed by atoms with van der Waals surface area (Å²) in [7, 11) is 3.43. The number of hydrogen-bond donors (Lipinski definition) is 0. The Kier molecular flexibility index (Phi) is 4.21. The number of nitrogens with zero attached hydrogens (tertiary/aromatic N) is 3. The molecule has 0 amide bonds. The van der Waals surface area contributed by atoms with Gasteiger partial charge in [0.25, 0.3) is 5.56 Å². The number of likely N-dealkylation sites (N-methyl/N-ethyl adjacent to an activating group) is 1. The van der Waals surface area contributed by atoms with Gasteiger partial charge in [-0.15, -0.1) is 0 Å². The van der Waals surface area contributed by atoms with Gasteiger partial charge in [0, 0.05) is 13.1 Å². The molecule has 0 aromatic carbocycles. The Balaban J connectivity index is 2.16. The van der Waals surface area contributed by atoms with Crippen LogP contribution in [-0.2, 0) is 11.3 Å². The summed E-state index contributed by atoms with van der Waals surface area (Å²) in [5.74, 6) is 0.0725. The predicted molar refractivity (Wildman–Crippen MR) is 67.3 cm³/mol. The first-order chi connectivity index (χ1) is 8.61. The number of aromatic nitrogens is 2. The van der Waals surface area contributed by atoms with E-state index in [2.05, 4.69) is 9.88 Å². The maximum absolute atomic E-state index is 12.0. The lowest BCUT2D eigenvalue weighted by molar-refractivity contribution is -0.0281. The molecule has 1 aliphatic heterocycles. The summed E-state index contributed by atoms with van der Waals surface area (Å²) in [5, 5.41) is 0.0837. The van der Waals surface area contributed by atoms with Crippen LogP contribution >= 0.6 is 11.6 Å². The summed E-state index contributed by atoms with van der Waals surface area (Å²) in [4.78, 5) is 18.1. The van der Waals surface area contributed by atoms with Gasteiger partial charge in [-0.25, -0.2) is 4.98 Å². The molecule has 1 atom stereocenters. The van der Waals surface area contributed by atoms with Gasteiger partial charge in [0.05, 0.1) is 32.7 Å². The van der Waals surface area contributed by atoms with Gasteiger partial charge in [0.15, 0.2) is 5.15 Å². The minimum Gasteiger partial charge on any atom is -0.489 e. The van der Waals surface area contributed by atoms with Gasteiger partial charge >= 0.3 is 0 Å². The Morgan fingerprint density at radius 1 is 1.67 bits per heavy atom. The molecular formula is C11H16ClN3O3. The first-order valence-corrected chi connectivity index (χ1v) is 6.08. The molecule has 0 radical (unpaired) electrons. The molecule has 100 valence electrons. The van der Waals surface area contributed by atoms with Crippen LogP contribution in [0.3, 0.4) is 0 Å². The molecule has 2 rings (SSSR count). The third-order valence-electron chi connectivity index (χ3n) is 2.90. The summed E-state index contributed by atoms with van der Waals surface area (Å²) in [6, 6.07) is 0. The second kappa shape index (κ2) is 5.69. The van der Waals surface area contributed by atoms with Gasteiger partial charge in [0.2, 0.25) is 5.75 Å². The van der Waals surface area contributed by atoms with Crippen molar-refractivity contribution < 1.29 is 9.47 Å². The molecule has 18 heavy (non-hydrogen) atoms. The highest BCUT2D eigenvalue weighted by molar-refractivity contribution is 6.30. The average Bonchev–Trinajstić information content (AvgIpc) is 2.34. The van der Waals surface area contributed by atoms with Crippen molar-refractivity contribution in [1.29, 1.82) is 0 Å². The highest BCUT2D eigenvalue weighted by Crippen LogP contribution is 2.15. The van der Waals surface area contributed by atoms with E-state index >= 15 is 0 Å². The lowest BCUT2D eigenvalue weighted by atomic mass is 10.3. The number of morpholine rings is 1. The van der Waals surface area contributed by atoms with E-state index in [4.69, 9.17) is 21.1 Å². The van der Waals surface area contributed by atoms with E-state index < -0.39 is 0 Å². The Morgan fingerprint density at radius 2 is 2.44 bits per heavy atom. The maximum Gasteiger partial charge on any atom is 0.297 e. The maximum atomic E-state index is 12.0. The normalized spacial score (nSPS) is 20.9. The summed E-state index contributed by atoms with van der Waals surface area (Å²) in [5.41, 5.74) is -0.283. The zero-order valence-corrected chi connectivity index (χ0v) is 11.2. The van der Waals surface area contributed by atoms with Crippen molar-refractivity contribution in [3.05, 3.63) is 21.8 Å². The van der Waals surface area contributed by atoms with Gasteiger partial charge in [-0.2, -0.15) is 0 Å². The standard InChI is InChI=1S/C11H16ClN3O3/c1-14-3-4-18-8(5-14)6-15-7-13-10(12)9(17-2)11(15)16/h7-8H,3-6H2,1-2H3. The summed E-state index contributed by atoms with van der Waals surface area (Å²) in [6.45, 7) is 2.82. The molecule has 0 saturated carbocycles. The zero-order chi connectivity index (χ0) is 13.1. The van der Waals surface area contributed by atoms with Crippen molar-refractivity contribution in [1.82, 2.24) is 14.5 Å². The van der Waals surface area contributed by atoms with Crippen molar-refractivity contribution >= 4 is 11.6 Å². The first kappa shape index (κ1) is 13.3. The lowest BCUT2D eigenvalue weighted by Gasteiger charge is -2.30. The van der Waals surface area contributed by atoms with E-state index in [-0.39, 0.29) is 22.6 Å². The SMILES string of the molecule is COc1c(Cl)ncn(CC2CN(C)CCO2)c1=O. The van der Waals surface area contributed by atoms with E-state index in [1.165, 1.54) is 18.0 Å². The van der Waals surface area contributed by atoms with Crippen molar-refractivity contribution in [2.45, 2.75) is 12.6 Å².